The molecule has 2 aliphatic heterocycles. The molecule has 214 valence electrons. The number of halogens is 4. The molecule has 5 amide bonds. The number of rotatable bonds is 5. The van der Waals surface area contributed by atoms with Gasteiger partial charge in [0.25, 0.3) is 11.8 Å². The average molecular weight is 555 g/mol. The smallest absolute Gasteiger partial charge is 0.341 e. The normalized spacial score (nSPS) is 21.2. The van der Waals surface area contributed by atoms with Crippen LogP contribution < -0.4 is 5.32 Å². The zero-order chi connectivity index (χ0) is 28.7. The number of nitrogens with zero attached hydrogens (tertiary/aromatic N) is 3. The maximum absolute atomic E-state index is 14.3. The Bertz CT molecular complexity index is 1140. The molecule has 8 nitrogen and oxygen atoms in total. The number of likely N-dealkylation sites (tertiary alicyclic amines) is 1. The van der Waals surface area contributed by atoms with E-state index in [1.165, 1.54) is 11.9 Å². The highest BCUT2D eigenvalue weighted by molar-refractivity contribution is 6.07. The molecule has 0 aromatic heterocycles. The predicted octanol–water partition coefficient (Wildman–Crippen LogP) is 4.19. The summed E-state index contributed by atoms with van der Waals surface area (Å²) in [6, 6.07) is 0.0661. The number of amides is 5. The van der Waals surface area contributed by atoms with Crippen LogP contribution in [0.2, 0.25) is 0 Å². The molecule has 3 aliphatic rings. The number of carbonyl (C=O) groups is 4. The molecule has 1 aromatic rings. The fourth-order valence-electron chi connectivity index (χ4n) is 6.05. The third-order valence-corrected chi connectivity index (χ3v) is 8.26. The van der Waals surface area contributed by atoms with Gasteiger partial charge in [0, 0.05) is 26.2 Å². The van der Waals surface area contributed by atoms with Crippen LogP contribution in [0.15, 0.2) is 18.2 Å². The first-order valence-electron chi connectivity index (χ1n) is 13.4. The monoisotopic (exact) mass is 554 g/mol. The number of hydrogen-bond acceptors (Lipinski definition) is 4. The molecule has 4 rings (SSSR count). The lowest BCUT2D eigenvalue weighted by molar-refractivity contribution is -0.143. The maximum Gasteiger partial charge on any atom is 0.416 e. The number of nitrogens with one attached hydrogen (secondary N) is 1. The highest BCUT2D eigenvalue weighted by Crippen LogP contribution is 2.41. The highest BCUT2D eigenvalue weighted by Gasteiger charge is 2.59. The molecule has 2 saturated heterocycles. The molecule has 12 heteroatoms. The summed E-state index contributed by atoms with van der Waals surface area (Å²) in [4.78, 5) is 57.0. The Morgan fingerprint density at radius 2 is 1.67 bits per heavy atom. The molecule has 1 spiro atoms. The van der Waals surface area contributed by atoms with Gasteiger partial charge < -0.3 is 15.1 Å². The van der Waals surface area contributed by atoms with Gasteiger partial charge >= 0.3 is 12.2 Å². The van der Waals surface area contributed by atoms with Gasteiger partial charge in [-0.3, -0.25) is 19.3 Å². The van der Waals surface area contributed by atoms with Gasteiger partial charge in [0.05, 0.1) is 11.1 Å². The molecular formula is C27H34F4N4O4. The van der Waals surface area contributed by atoms with Crippen LogP contribution in [0.4, 0.5) is 22.4 Å². The molecule has 1 unspecified atom stereocenters. The van der Waals surface area contributed by atoms with Crippen molar-refractivity contribution in [3.05, 3.63) is 35.1 Å². The average Bonchev–Trinajstić information content (AvgIpc) is 3.07. The number of piperidine rings is 1. The first-order valence-corrected chi connectivity index (χ1v) is 13.4. The minimum Gasteiger partial charge on any atom is -0.341 e. The number of imide groups is 1. The van der Waals surface area contributed by atoms with Crippen LogP contribution in [-0.2, 0) is 15.8 Å². The van der Waals surface area contributed by atoms with Crippen LogP contribution in [0.5, 0.6) is 0 Å². The molecular weight excluding hydrogens is 520 g/mol. The van der Waals surface area contributed by atoms with Crippen molar-refractivity contribution in [1.29, 1.82) is 0 Å². The SMILES string of the molecule is CC(C)C(NC(=O)c1cc(C(F)(F)F)ccc1F)C(=O)N1CCC2(CC1)C(=O)N(C)C(=O)N2C1CCCCC1. The van der Waals surface area contributed by atoms with E-state index in [1.807, 2.05) is 0 Å². The topological polar surface area (TPSA) is 90.0 Å². The van der Waals surface area contributed by atoms with Crippen molar-refractivity contribution >= 4 is 23.8 Å². The second-order valence-corrected chi connectivity index (χ2v) is 11.1. The van der Waals surface area contributed by atoms with Crippen molar-refractivity contribution in [2.75, 3.05) is 20.1 Å². The molecule has 39 heavy (non-hydrogen) atoms. The summed E-state index contributed by atoms with van der Waals surface area (Å²) in [5.74, 6) is -3.47. The second-order valence-electron chi connectivity index (χ2n) is 11.1. The molecule has 3 fully saturated rings. The van der Waals surface area contributed by atoms with E-state index >= 15 is 0 Å². The van der Waals surface area contributed by atoms with Crippen molar-refractivity contribution in [1.82, 2.24) is 20.0 Å². The van der Waals surface area contributed by atoms with E-state index in [0.717, 1.165) is 37.0 Å². The fourth-order valence-corrected chi connectivity index (χ4v) is 6.05. The van der Waals surface area contributed by atoms with E-state index < -0.39 is 52.4 Å². The Labute approximate surface area is 224 Å². The van der Waals surface area contributed by atoms with Gasteiger partial charge in [-0.2, -0.15) is 13.2 Å². The van der Waals surface area contributed by atoms with E-state index in [9.17, 15) is 36.7 Å². The number of alkyl halides is 3. The standard InChI is InChI=1S/C27H34F4N4O4/c1-16(2)21(32-22(36)19-15-17(27(29,30)31)9-10-20(19)28)23(37)34-13-11-26(12-14-34)24(38)33(3)25(39)35(26)18-7-5-4-6-8-18/h9-10,15-16,18,21H,4-8,11-14H2,1-3H3,(H,32,36). The number of likely N-dealkylation sites (N-methyl/N-ethyl adjacent to an activating group) is 1. The Balaban J connectivity index is 1.49. The van der Waals surface area contributed by atoms with Crippen LogP contribution in [0.1, 0.15) is 74.7 Å². The van der Waals surface area contributed by atoms with Crippen LogP contribution in [0.3, 0.4) is 0 Å². The van der Waals surface area contributed by atoms with Gasteiger partial charge in [-0.1, -0.05) is 33.1 Å². The van der Waals surface area contributed by atoms with Gasteiger partial charge in [0.1, 0.15) is 17.4 Å². The van der Waals surface area contributed by atoms with Gasteiger partial charge in [-0.15, -0.1) is 0 Å². The summed E-state index contributed by atoms with van der Waals surface area (Å²) in [5, 5.41) is 2.42. The summed E-state index contributed by atoms with van der Waals surface area (Å²) in [7, 11) is 1.48. The number of benzene rings is 1. The summed E-state index contributed by atoms with van der Waals surface area (Å²) < 4.78 is 53.6. The minimum absolute atomic E-state index is 0.0348. The van der Waals surface area contributed by atoms with E-state index in [2.05, 4.69) is 5.32 Å². The van der Waals surface area contributed by atoms with Gasteiger partial charge in [-0.05, 0) is 49.8 Å². The zero-order valence-corrected chi connectivity index (χ0v) is 22.3. The third kappa shape index (κ3) is 5.34. The Morgan fingerprint density at radius 1 is 1.05 bits per heavy atom. The fraction of sp³-hybridized carbons (Fsp3) is 0.630. The summed E-state index contributed by atoms with van der Waals surface area (Å²) in [5.41, 5.74) is -3.00. The Morgan fingerprint density at radius 3 is 2.23 bits per heavy atom. The van der Waals surface area contributed by atoms with Crippen molar-refractivity contribution in [3.63, 3.8) is 0 Å². The molecule has 1 aromatic carbocycles. The first-order chi connectivity index (χ1) is 18.3. The molecule has 0 bridgehead atoms. The molecule has 1 aliphatic carbocycles. The minimum atomic E-state index is -4.77. The third-order valence-electron chi connectivity index (χ3n) is 8.26. The maximum atomic E-state index is 14.3. The zero-order valence-electron chi connectivity index (χ0n) is 22.3. The number of urea groups is 1. The van der Waals surface area contributed by atoms with Crippen molar-refractivity contribution < 1.29 is 36.7 Å². The molecule has 1 N–H and O–H groups in total. The first kappa shape index (κ1) is 28.8. The van der Waals surface area contributed by atoms with E-state index in [4.69, 9.17) is 0 Å². The highest BCUT2D eigenvalue weighted by atomic mass is 19.4. The Hall–Kier alpha value is -3.18. The Kier molecular flexibility index (Phi) is 7.96. The van der Waals surface area contributed by atoms with Crippen LogP contribution in [0, 0.1) is 11.7 Å². The summed E-state index contributed by atoms with van der Waals surface area (Å²) >= 11 is 0. The lowest BCUT2D eigenvalue weighted by Gasteiger charge is -2.46. The molecule has 1 saturated carbocycles. The summed E-state index contributed by atoms with van der Waals surface area (Å²) in [6.07, 6.45) is 0.416. The van der Waals surface area contributed by atoms with Crippen molar-refractivity contribution in [3.8, 4) is 0 Å². The lowest BCUT2D eigenvalue weighted by atomic mass is 9.82. The lowest BCUT2D eigenvalue weighted by Crippen LogP contribution is -2.62. The van der Waals surface area contributed by atoms with Crippen LogP contribution in [-0.4, -0.2) is 76.2 Å². The molecule has 0 radical (unpaired) electrons. The summed E-state index contributed by atoms with van der Waals surface area (Å²) in [6.45, 7) is 3.64. The molecule has 1 atom stereocenters. The van der Waals surface area contributed by atoms with Crippen LogP contribution in [0.25, 0.3) is 0 Å². The van der Waals surface area contributed by atoms with Gasteiger partial charge in [-0.25, -0.2) is 9.18 Å². The van der Waals surface area contributed by atoms with Crippen LogP contribution >= 0.6 is 0 Å². The van der Waals surface area contributed by atoms with E-state index in [-0.39, 0.29) is 43.9 Å². The van der Waals surface area contributed by atoms with Crippen molar-refractivity contribution in [2.45, 2.75) is 82.6 Å². The molecule has 2 heterocycles. The second kappa shape index (κ2) is 10.8. The van der Waals surface area contributed by atoms with E-state index in [0.29, 0.717) is 18.2 Å². The quantitative estimate of drug-likeness (QED) is 0.437. The number of hydrogen-bond donors (Lipinski definition) is 1. The predicted molar refractivity (Wildman–Crippen MR) is 133 cm³/mol. The van der Waals surface area contributed by atoms with Gasteiger partial charge in [0.2, 0.25) is 5.91 Å². The van der Waals surface area contributed by atoms with Gasteiger partial charge in [0.15, 0.2) is 0 Å². The number of carbonyl (C=O) groups excluding carboxylic acids is 4. The largest absolute Gasteiger partial charge is 0.416 e. The van der Waals surface area contributed by atoms with E-state index in [1.54, 1.807) is 18.7 Å². The van der Waals surface area contributed by atoms with Crippen molar-refractivity contribution in [2.24, 2.45) is 5.92 Å².